The SMILES string of the molecule is CC(C)(C)C12CCC(CN(C(c3ccccc3)(c3ccccc3)c3ccccc3)C1)N2C(=O)O. The van der Waals surface area contributed by atoms with Crippen LogP contribution in [-0.4, -0.2) is 45.7 Å². The Kier molecular flexibility index (Phi) is 5.52. The number of rotatable bonds is 4. The van der Waals surface area contributed by atoms with E-state index in [1.54, 1.807) is 4.90 Å². The third kappa shape index (κ3) is 3.27. The lowest BCUT2D eigenvalue weighted by molar-refractivity contribution is -0.0678. The number of carbonyl (C=O) groups is 1. The van der Waals surface area contributed by atoms with Gasteiger partial charge in [-0.05, 0) is 34.9 Å². The maximum Gasteiger partial charge on any atom is 0.408 e. The zero-order valence-corrected chi connectivity index (χ0v) is 20.3. The molecular formula is C30H34N2O2. The molecule has 2 aliphatic rings. The van der Waals surface area contributed by atoms with Gasteiger partial charge >= 0.3 is 6.09 Å². The summed E-state index contributed by atoms with van der Waals surface area (Å²) in [7, 11) is 0. The quantitative estimate of drug-likeness (QED) is 0.476. The minimum absolute atomic E-state index is 0.0269. The molecule has 176 valence electrons. The Labute approximate surface area is 202 Å². The zero-order valence-electron chi connectivity index (χ0n) is 20.3. The van der Waals surface area contributed by atoms with Crippen LogP contribution in [0.1, 0.15) is 50.3 Å². The molecule has 2 unspecified atom stereocenters. The fourth-order valence-corrected chi connectivity index (χ4v) is 6.62. The van der Waals surface area contributed by atoms with Crippen LogP contribution in [0.4, 0.5) is 4.79 Å². The van der Waals surface area contributed by atoms with E-state index in [4.69, 9.17) is 0 Å². The largest absolute Gasteiger partial charge is 0.465 e. The van der Waals surface area contributed by atoms with Crippen LogP contribution < -0.4 is 0 Å². The number of benzene rings is 3. The van der Waals surface area contributed by atoms with Crippen molar-refractivity contribution in [1.82, 2.24) is 9.80 Å². The Bertz CT molecular complexity index is 1040. The van der Waals surface area contributed by atoms with Crippen molar-refractivity contribution in [1.29, 1.82) is 0 Å². The Morgan fingerprint density at radius 3 is 1.65 bits per heavy atom. The number of amides is 1. The first-order chi connectivity index (χ1) is 16.3. The highest BCUT2D eigenvalue weighted by Crippen LogP contribution is 2.53. The lowest BCUT2D eigenvalue weighted by Gasteiger charge is -2.58. The molecule has 4 heteroatoms. The number of nitrogens with zero attached hydrogens (tertiary/aromatic N) is 2. The van der Waals surface area contributed by atoms with Gasteiger partial charge in [0.05, 0.1) is 11.1 Å². The van der Waals surface area contributed by atoms with Gasteiger partial charge in [0.1, 0.15) is 0 Å². The van der Waals surface area contributed by atoms with Gasteiger partial charge < -0.3 is 5.11 Å². The first-order valence-corrected chi connectivity index (χ1v) is 12.2. The molecule has 0 aromatic heterocycles. The number of hydrogen-bond acceptors (Lipinski definition) is 2. The minimum atomic E-state index is -0.790. The number of likely N-dealkylation sites (tertiary alicyclic amines) is 1. The van der Waals surface area contributed by atoms with E-state index in [1.807, 2.05) is 0 Å². The lowest BCUT2D eigenvalue weighted by Crippen LogP contribution is -2.70. The topological polar surface area (TPSA) is 43.8 Å². The van der Waals surface area contributed by atoms with Gasteiger partial charge in [-0.1, -0.05) is 112 Å². The van der Waals surface area contributed by atoms with Crippen molar-refractivity contribution < 1.29 is 9.90 Å². The van der Waals surface area contributed by atoms with Gasteiger partial charge in [-0.15, -0.1) is 0 Å². The molecule has 3 aromatic rings. The summed E-state index contributed by atoms with van der Waals surface area (Å²) in [5.41, 5.74) is 2.45. The van der Waals surface area contributed by atoms with Gasteiger partial charge in [-0.2, -0.15) is 0 Å². The van der Waals surface area contributed by atoms with Crippen molar-refractivity contribution in [2.45, 2.75) is 50.7 Å². The number of fused-ring (bicyclic) bond motifs is 2. The predicted molar refractivity (Wildman–Crippen MR) is 136 cm³/mol. The molecule has 0 aliphatic carbocycles. The van der Waals surface area contributed by atoms with Crippen molar-refractivity contribution in [3.05, 3.63) is 108 Å². The van der Waals surface area contributed by atoms with Gasteiger partial charge in [-0.3, -0.25) is 9.80 Å². The summed E-state index contributed by atoms with van der Waals surface area (Å²) in [6.45, 7) is 7.97. The first kappa shape index (κ1) is 22.7. The smallest absolute Gasteiger partial charge is 0.408 e. The highest BCUT2D eigenvalue weighted by molar-refractivity contribution is 5.68. The van der Waals surface area contributed by atoms with E-state index in [0.29, 0.717) is 13.1 Å². The highest BCUT2D eigenvalue weighted by Gasteiger charge is 2.62. The molecule has 5 rings (SSSR count). The monoisotopic (exact) mass is 454 g/mol. The van der Waals surface area contributed by atoms with E-state index in [2.05, 4.69) is 117 Å². The number of hydrogen-bond donors (Lipinski definition) is 1. The van der Waals surface area contributed by atoms with E-state index in [0.717, 1.165) is 12.8 Å². The maximum absolute atomic E-state index is 12.5. The molecule has 0 radical (unpaired) electrons. The summed E-state index contributed by atoms with van der Waals surface area (Å²) < 4.78 is 0. The summed E-state index contributed by atoms with van der Waals surface area (Å²) in [5.74, 6) is 0. The Balaban J connectivity index is 1.78. The molecule has 0 saturated carbocycles. The average Bonchev–Trinajstić information content (AvgIpc) is 3.10. The van der Waals surface area contributed by atoms with Crippen LogP contribution in [0.2, 0.25) is 0 Å². The van der Waals surface area contributed by atoms with Crippen molar-refractivity contribution in [3.8, 4) is 0 Å². The van der Waals surface area contributed by atoms with Gasteiger partial charge in [0.25, 0.3) is 0 Å². The normalized spacial score (nSPS) is 23.1. The second kappa shape index (κ2) is 8.28. The standard InChI is InChI=1S/C30H34N2O2/c1-28(2,3)29-20-19-26(32(29)27(33)34)21-31(22-29)30(23-13-7-4-8-14-23,24-15-9-5-10-16-24)25-17-11-6-12-18-25/h4-18,26H,19-22H2,1-3H3,(H,33,34). The molecule has 2 fully saturated rings. The van der Waals surface area contributed by atoms with Gasteiger partial charge in [0, 0.05) is 19.1 Å². The molecule has 3 aromatic carbocycles. The molecule has 4 nitrogen and oxygen atoms in total. The molecule has 2 aliphatic heterocycles. The Morgan fingerprint density at radius 2 is 1.26 bits per heavy atom. The highest BCUT2D eigenvalue weighted by atomic mass is 16.4. The van der Waals surface area contributed by atoms with Gasteiger partial charge in [0.15, 0.2) is 0 Å². The van der Waals surface area contributed by atoms with Crippen molar-refractivity contribution in [3.63, 3.8) is 0 Å². The molecule has 2 bridgehead atoms. The first-order valence-electron chi connectivity index (χ1n) is 12.2. The minimum Gasteiger partial charge on any atom is -0.465 e. The van der Waals surface area contributed by atoms with E-state index < -0.39 is 17.2 Å². The van der Waals surface area contributed by atoms with Crippen LogP contribution in [0.15, 0.2) is 91.0 Å². The van der Waals surface area contributed by atoms with E-state index in [1.165, 1.54) is 16.7 Å². The second-order valence-corrected chi connectivity index (χ2v) is 10.8. The Morgan fingerprint density at radius 1 is 0.824 bits per heavy atom. The Hall–Kier alpha value is -3.11. The number of piperazine rings is 1. The lowest BCUT2D eigenvalue weighted by atomic mass is 9.68. The van der Waals surface area contributed by atoms with Crippen molar-refractivity contribution >= 4 is 6.09 Å². The van der Waals surface area contributed by atoms with Crippen LogP contribution >= 0.6 is 0 Å². The average molecular weight is 455 g/mol. The third-order valence-corrected chi connectivity index (χ3v) is 8.25. The van der Waals surface area contributed by atoms with Crippen LogP contribution in [0.3, 0.4) is 0 Å². The third-order valence-electron chi connectivity index (χ3n) is 8.25. The van der Waals surface area contributed by atoms with Crippen LogP contribution in [0, 0.1) is 5.41 Å². The van der Waals surface area contributed by atoms with Crippen molar-refractivity contribution in [2.75, 3.05) is 13.1 Å². The van der Waals surface area contributed by atoms with Gasteiger partial charge in [-0.25, -0.2) is 4.79 Å². The summed E-state index contributed by atoms with van der Waals surface area (Å²) in [6, 6.07) is 32.1. The molecular weight excluding hydrogens is 420 g/mol. The molecule has 2 atom stereocenters. The van der Waals surface area contributed by atoms with E-state index >= 15 is 0 Å². The molecule has 1 amide bonds. The predicted octanol–water partition coefficient (Wildman–Crippen LogP) is 6.22. The van der Waals surface area contributed by atoms with Crippen LogP contribution in [0.5, 0.6) is 0 Å². The molecule has 2 heterocycles. The van der Waals surface area contributed by atoms with Crippen LogP contribution in [0.25, 0.3) is 0 Å². The molecule has 1 N–H and O–H groups in total. The summed E-state index contributed by atoms with van der Waals surface area (Å²) in [6.07, 6.45) is 0.995. The zero-order chi connectivity index (χ0) is 24.0. The summed E-state index contributed by atoms with van der Waals surface area (Å²) in [5, 5.41) is 10.3. The van der Waals surface area contributed by atoms with Gasteiger partial charge in [0.2, 0.25) is 0 Å². The fraction of sp³-hybridized carbons (Fsp3) is 0.367. The van der Waals surface area contributed by atoms with Crippen LogP contribution in [-0.2, 0) is 5.54 Å². The van der Waals surface area contributed by atoms with E-state index in [9.17, 15) is 9.90 Å². The fourth-order valence-electron chi connectivity index (χ4n) is 6.62. The molecule has 2 saturated heterocycles. The molecule has 0 spiro atoms. The summed E-state index contributed by atoms with van der Waals surface area (Å²) in [4.78, 5) is 16.9. The second-order valence-electron chi connectivity index (χ2n) is 10.8. The molecule has 34 heavy (non-hydrogen) atoms. The maximum atomic E-state index is 12.5. The summed E-state index contributed by atoms with van der Waals surface area (Å²) >= 11 is 0. The van der Waals surface area contributed by atoms with Crippen molar-refractivity contribution in [2.24, 2.45) is 5.41 Å². The number of carboxylic acid groups (broad SMARTS) is 1. The van der Waals surface area contributed by atoms with E-state index in [-0.39, 0.29) is 11.5 Å².